The molecule has 0 saturated carbocycles. The molecule has 17 heteroatoms. The monoisotopic (exact) mass is 516 g/mol. The van der Waals surface area contributed by atoms with E-state index < -0.39 is 80.2 Å². The lowest BCUT2D eigenvalue weighted by molar-refractivity contribution is -0.445. The van der Waals surface area contributed by atoms with Gasteiger partial charge < -0.3 is 5.11 Å². The lowest BCUT2D eigenvalue weighted by Gasteiger charge is -2.44. The molecule has 1 atom stereocenters. The van der Waals surface area contributed by atoms with Gasteiger partial charge in [-0.2, -0.15) is 65.9 Å². The summed E-state index contributed by atoms with van der Waals surface area (Å²) >= 11 is 0. The highest BCUT2D eigenvalue weighted by Crippen LogP contribution is 2.63. The lowest BCUT2D eigenvalue weighted by atomic mass is 9.84. The number of aliphatic hydroxyl groups is 1. The maximum absolute atomic E-state index is 13.6. The van der Waals surface area contributed by atoms with Crippen LogP contribution < -0.4 is 0 Å². The second-order valence-electron chi connectivity index (χ2n) is 6.96. The van der Waals surface area contributed by atoms with Crippen molar-refractivity contribution in [2.24, 2.45) is 0 Å². The van der Waals surface area contributed by atoms with Gasteiger partial charge in [0.1, 0.15) is 0 Å². The molecule has 0 bridgehead atoms. The largest absolute Gasteiger partial charge is 0.428 e. The van der Waals surface area contributed by atoms with Crippen LogP contribution in [0.15, 0.2) is 0 Å². The van der Waals surface area contributed by atoms with Gasteiger partial charge in [0.2, 0.25) is 0 Å². The lowest BCUT2D eigenvalue weighted by Crippen LogP contribution is -2.74. The molecule has 0 spiro atoms. The smallest absolute Gasteiger partial charge is 0.396 e. The van der Waals surface area contributed by atoms with Crippen LogP contribution in [0.3, 0.4) is 0 Å². The molecule has 0 aromatic rings. The van der Waals surface area contributed by atoms with Crippen molar-refractivity contribution in [3.63, 3.8) is 0 Å². The van der Waals surface area contributed by atoms with Crippen LogP contribution in [-0.2, 0) is 0 Å². The molecule has 0 aliphatic heterocycles. The topological polar surface area (TPSA) is 20.2 Å². The third kappa shape index (κ3) is 4.58. The van der Waals surface area contributed by atoms with Crippen LogP contribution in [0.1, 0.15) is 39.0 Å². The van der Waals surface area contributed by atoms with Gasteiger partial charge in [-0.25, -0.2) is 4.39 Å². The minimum atomic E-state index is -8.29. The number of hydrogen-bond donors (Lipinski definition) is 1. The van der Waals surface area contributed by atoms with Crippen molar-refractivity contribution in [3.05, 3.63) is 0 Å². The molecule has 0 amide bonds. The molecular weight excluding hydrogens is 500 g/mol. The fourth-order valence-corrected chi connectivity index (χ4v) is 2.26. The van der Waals surface area contributed by atoms with Gasteiger partial charge in [-0.3, -0.25) is 0 Å². The first kappa shape index (κ1) is 30.8. The van der Waals surface area contributed by atoms with E-state index >= 15 is 0 Å². The summed E-state index contributed by atoms with van der Waals surface area (Å²) in [5, 5.41) is 8.42. The Morgan fingerprint density at radius 3 is 1.19 bits per heavy atom. The van der Waals surface area contributed by atoms with Crippen LogP contribution in [-0.4, -0.2) is 59.1 Å². The molecule has 1 nitrogen and oxygen atoms in total. The van der Waals surface area contributed by atoms with Gasteiger partial charge in [0, 0.05) is 13.0 Å². The van der Waals surface area contributed by atoms with Crippen LogP contribution in [0.5, 0.6) is 0 Å². The summed E-state index contributed by atoms with van der Waals surface area (Å²) < 4.78 is 212. The molecule has 194 valence electrons. The van der Waals surface area contributed by atoms with Gasteiger partial charge in [0.15, 0.2) is 0 Å². The average Bonchev–Trinajstić information content (AvgIpc) is 2.59. The Hall–Kier alpha value is -1.16. The Kier molecular flexibility index (Phi) is 8.57. The van der Waals surface area contributed by atoms with Gasteiger partial charge in [-0.15, -0.1) is 0 Å². The second-order valence-corrected chi connectivity index (χ2v) is 6.96. The number of rotatable bonds is 12. The molecule has 1 unspecified atom stereocenters. The van der Waals surface area contributed by atoms with Crippen LogP contribution in [0, 0.1) is 0 Å². The average molecular weight is 516 g/mol. The summed E-state index contributed by atoms with van der Waals surface area (Å²) in [4.78, 5) is 0. The molecule has 0 saturated heterocycles. The fraction of sp³-hybridized carbons (Fsp3) is 1.00. The fourth-order valence-electron chi connectivity index (χ4n) is 2.26. The first-order valence-electron chi connectivity index (χ1n) is 8.44. The number of hydrogen-bond acceptors (Lipinski definition) is 1. The molecule has 0 fully saturated rings. The van der Waals surface area contributed by atoms with Gasteiger partial charge >= 0.3 is 41.7 Å². The van der Waals surface area contributed by atoms with Crippen molar-refractivity contribution in [2.45, 2.75) is 86.4 Å². The summed E-state index contributed by atoms with van der Waals surface area (Å²) in [7, 11) is 0. The van der Waals surface area contributed by atoms with E-state index in [1.54, 1.807) is 0 Å². The van der Waals surface area contributed by atoms with E-state index in [0.717, 1.165) is 0 Å². The molecule has 0 aromatic heterocycles. The second kappa shape index (κ2) is 8.89. The van der Waals surface area contributed by atoms with Gasteiger partial charge in [0.05, 0.1) is 0 Å². The van der Waals surface area contributed by atoms with Gasteiger partial charge in [-0.1, -0.05) is 12.8 Å². The maximum Gasteiger partial charge on any atom is 0.428 e. The Balaban J connectivity index is 6.25. The maximum atomic E-state index is 13.6. The summed E-state index contributed by atoms with van der Waals surface area (Å²) in [6.45, 7) is -1.94. The van der Waals surface area contributed by atoms with Crippen LogP contribution in [0.25, 0.3) is 0 Å². The van der Waals surface area contributed by atoms with Gasteiger partial charge in [0.25, 0.3) is 5.67 Å². The van der Waals surface area contributed by atoms with E-state index in [2.05, 4.69) is 0 Å². The molecule has 0 rings (SSSR count). The zero-order valence-electron chi connectivity index (χ0n) is 15.7. The van der Waals surface area contributed by atoms with Crippen molar-refractivity contribution in [3.8, 4) is 0 Å². The SMILES string of the molecule is CC(F)(C(F)(F)F)C(F)(F)C(F)(F)C(F)(F)C(F)(F)C(F)(F)C(F)(F)CCCCCCO. The van der Waals surface area contributed by atoms with Gasteiger partial charge in [-0.05, 0) is 19.8 Å². The molecule has 32 heavy (non-hydrogen) atoms. The van der Waals surface area contributed by atoms with E-state index in [-0.39, 0.29) is 12.8 Å². The first-order chi connectivity index (χ1) is 13.8. The number of aliphatic hydroxyl groups excluding tert-OH is 1. The summed E-state index contributed by atoms with van der Waals surface area (Å²) in [5.41, 5.74) is -6.66. The highest BCUT2D eigenvalue weighted by Gasteiger charge is 2.93. The zero-order chi connectivity index (χ0) is 26.2. The molecule has 0 aliphatic rings. The molecule has 0 radical (unpaired) electrons. The normalized spacial score (nSPS) is 17.4. The summed E-state index contributed by atoms with van der Waals surface area (Å²) in [6, 6.07) is 0. The Bertz CT molecular complexity index is 621. The molecule has 1 N–H and O–H groups in total. The van der Waals surface area contributed by atoms with E-state index in [1.165, 1.54) is 0 Å². The molecule has 0 heterocycles. The Morgan fingerprint density at radius 1 is 0.469 bits per heavy atom. The van der Waals surface area contributed by atoms with Crippen molar-refractivity contribution in [2.75, 3.05) is 6.61 Å². The zero-order valence-corrected chi connectivity index (χ0v) is 15.7. The number of alkyl halides is 16. The van der Waals surface area contributed by atoms with Crippen molar-refractivity contribution < 1.29 is 75.4 Å². The van der Waals surface area contributed by atoms with Crippen molar-refractivity contribution in [1.29, 1.82) is 0 Å². The minimum Gasteiger partial charge on any atom is -0.396 e. The van der Waals surface area contributed by atoms with Crippen molar-refractivity contribution in [1.82, 2.24) is 0 Å². The highest BCUT2D eigenvalue weighted by atomic mass is 19.4. The quantitative estimate of drug-likeness (QED) is 0.218. The van der Waals surface area contributed by atoms with E-state index in [4.69, 9.17) is 5.11 Å². The van der Waals surface area contributed by atoms with E-state index in [9.17, 15) is 70.2 Å². The van der Waals surface area contributed by atoms with Crippen LogP contribution in [0.2, 0.25) is 0 Å². The minimum absolute atomic E-state index is 0.0707. The van der Waals surface area contributed by atoms with Crippen LogP contribution in [0.4, 0.5) is 70.2 Å². The van der Waals surface area contributed by atoms with E-state index in [1.807, 2.05) is 0 Å². The first-order valence-corrected chi connectivity index (χ1v) is 8.44. The Morgan fingerprint density at radius 2 is 0.812 bits per heavy atom. The third-order valence-corrected chi connectivity index (χ3v) is 4.56. The standard InChI is InChI=1S/C15H16F16O/c1-8(16,15(29,30)31)10(19,20)12(23,24)14(27,28)13(25,26)11(21,22)9(17,18)6-4-2-3-5-7-32/h32H,2-7H2,1H3. The predicted molar refractivity (Wildman–Crippen MR) is 75.4 cm³/mol. The number of unbranched alkanes of at least 4 members (excludes halogenated alkanes) is 3. The summed E-state index contributed by atoms with van der Waals surface area (Å²) in [5.74, 6) is -46.1. The van der Waals surface area contributed by atoms with Crippen LogP contribution >= 0.6 is 0 Å². The molecule has 0 aromatic carbocycles. The highest BCUT2D eigenvalue weighted by molar-refractivity contribution is 5.16. The molecule has 0 aliphatic carbocycles. The van der Waals surface area contributed by atoms with E-state index in [0.29, 0.717) is 0 Å². The third-order valence-electron chi connectivity index (χ3n) is 4.56. The number of halogens is 16. The van der Waals surface area contributed by atoms with Crippen molar-refractivity contribution >= 4 is 0 Å². The predicted octanol–water partition coefficient (Wildman–Crippen LogP) is 7.03. The summed E-state index contributed by atoms with van der Waals surface area (Å²) in [6.07, 6.45) is -11.2. The molecular formula is C15H16F16O. The Labute approximate surface area is 169 Å².